The number of hydrogen-bond donors (Lipinski definition) is 1. The Morgan fingerprint density at radius 3 is 2.85 bits per heavy atom. The monoisotopic (exact) mass is 360 g/mol. The maximum absolute atomic E-state index is 5.37. The molecule has 0 atom stereocenters. The predicted octanol–water partition coefficient (Wildman–Crippen LogP) is 4.50. The van der Waals surface area contributed by atoms with E-state index in [2.05, 4.69) is 27.8 Å². The van der Waals surface area contributed by atoms with Crippen LogP contribution in [0.2, 0.25) is 0 Å². The Kier molecular flexibility index (Phi) is 4.07. The molecule has 0 spiro atoms. The molecule has 0 amide bonds. The normalized spacial score (nSPS) is 12.8. The van der Waals surface area contributed by atoms with Gasteiger partial charge in [-0.15, -0.1) is 17.8 Å². The summed E-state index contributed by atoms with van der Waals surface area (Å²) in [5, 5.41) is 4.22. The fraction of sp³-hybridized carbons (Fsp3) is 0.100. The van der Waals surface area contributed by atoms with Gasteiger partial charge in [0.25, 0.3) is 0 Å². The van der Waals surface area contributed by atoms with Gasteiger partial charge in [0, 0.05) is 17.6 Å². The molecule has 1 aromatic carbocycles. The van der Waals surface area contributed by atoms with Gasteiger partial charge in [0.2, 0.25) is 0 Å². The van der Waals surface area contributed by atoms with Crippen LogP contribution in [0.15, 0.2) is 48.1 Å². The summed E-state index contributed by atoms with van der Waals surface area (Å²) in [7, 11) is 1.65. The largest absolute Gasteiger partial charge is 0.497 e. The summed E-state index contributed by atoms with van der Waals surface area (Å²) in [4.78, 5) is 13.0. The van der Waals surface area contributed by atoms with Crippen LogP contribution in [0.1, 0.15) is 4.88 Å². The Morgan fingerprint density at radius 2 is 2.12 bits per heavy atom. The molecule has 1 aliphatic heterocycles. The number of fused-ring (bicyclic) bond motifs is 3. The second-order valence-corrected chi connectivity index (χ2v) is 6.63. The van der Waals surface area contributed by atoms with E-state index in [0.717, 1.165) is 43.6 Å². The Labute approximate surface area is 155 Å². The highest BCUT2D eigenvalue weighted by Gasteiger charge is 2.24. The first kappa shape index (κ1) is 16.2. The van der Waals surface area contributed by atoms with E-state index in [9.17, 15) is 0 Å². The molecular formula is C20H16N4OS. The highest BCUT2D eigenvalue weighted by Crippen LogP contribution is 2.46. The molecule has 0 aliphatic carbocycles. The highest BCUT2D eigenvalue weighted by molar-refractivity contribution is 7.20. The zero-order valence-electron chi connectivity index (χ0n) is 14.2. The van der Waals surface area contributed by atoms with E-state index in [1.165, 1.54) is 0 Å². The summed E-state index contributed by atoms with van der Waals surface area (Å²) in [5.41, 5.74) is 3.66. The van der Waals surface area contributed by atoms with Crippen molar-refractivity contribution in [1.82, 2.24) is 4.98 Å². The third-order valence-electron chi connectivity index (χ3n) is 4.15. The number of ether oxygens (including phenoxy) is 1. The Balaban J connectivity index is 1.77. The number of nitrogens with zero attached hydrogens (tertiary/aromatic N) is 3. The fourth-order valence-electron chi connectivity index (χ4n) is 2.88. The molecule has 0 saturated carbocycles. The van der Waals surface area contributed by atoms with E-state index < -0.39 is 0 Å². The van der Waals surface area contributed by atoms with E-state index >= 15 is 0 Å². The zero-order chi connectivity index (χ0) is 18.1. The molecular weight excluding hydrogens is 344 g/mol. The number of pyridine rings is 1. The van der Waals surface area contributed by atoms with Crippen molar-refractivity contribution in [2.45, 2.75) is 0 Å². The van der Waals surface area contributed by atoms with Crippen LogP contribution in [0.5, 0.6) is 5.75 Å². The number of aliphatic imine (C=N–C) groups is 1. The van der Waals surface area contributed by atoms with Crippen LogP contribution in [-0.4, -0.2) is 25.0 Å². The van der Waals surface area contributed by atoms with Gasteiger partial charge in [0.1, 0.15) is 16.9 Å². The van der Waals surface area contributed by atoms with Gasteiger partial charge in [0.15, 0.2) is 0 Å². The van der Waals surface area contributed by atoms with E-state index in [0.29, 0.717) is 6.54 Å². The minimum absolute atomic E-state index is 0.451. The molecule has 0 unspecified atom stereocenters. The van der Waals surface area contributed by atoms with Gasteiger partial charge in [-0.3, -0.25) is 0 Å². The first-order valence-electron chi connectivity index (χ1n) is 7.98. The van der Waals surface area contributed by atoms with Gasteiger partial charge in [-0.05, 0) is 30.3 Å². The van der Waals surface area contributed by atoms with Crippen LogP contribution in [0.3, 0.4) is 0 Å². The van der Waals surface area contributed by atoms with Gasteiger partial charge in [-0.2, -0.15) is 0 Å². The molecule has 2 aromatic heterocycles. The molecule has 0 fully saturated rings. The van der Waals surface area contributed by atoms with Crippen molar-refractivity contribution in [2.75, 3.05) is 23.9 Å². The van der Waals surface area contributed by atoms with E-state index in [1.54, 1.807) is 31.0 Å². The van der Waals surface area contributed by atoms with Crippen molar-refractivity contribution in [1.29, 1.82) is 0 Å². The predicted molar refractivity (Wildman–Crippen MR) is 110 cm³/mol. The van der Waals surface area contributed by atoms with Gasteiger partial charge < -0.3 is 15.0 Å². The average molecular weight is 360 g/mol. The Morgan fingerprint density at radius 1 is 1.31 bits per heavy atom. The van der Waals surface area contributed by atoms with E-state index in [-0.39, 0.29) is 0 Å². The molecule has 1 N–H and O–H groups in total. The molecule has 0 saturated heterocycles. The average Bonchev–Trinajstić information content (AvgIpc) is 3.07. The highest BCUT2D eigenvalue weighted by atomic mass is 32.1. The second kappa shape index (κ2) is 6.54. The maximum atomic E-state index is 5.37. The summed E-state index contributed by atoms with van der Waals surface area (Å²) >= 11 is 1.58. The van der Waals surface area contributed by atoms with Crippen LogP contribution in [0.25, 0.3) is 15.9 Å². The Bertz CT molecular complexity index is 1060. The van der Waals surface area contributed by atoms with Crippen LogP contribution in [-0.2, 0) is 0 Å². The molecule has 26 heavy (non-hydrogen) atoms. The van der Waals surface area contributed by atoms with Crippen LogP contribution in [0.4, 0.5) is 17.1 Å². The number of hydrogen-bond acceptors (Lipinski definition) is 6. The number of anilines is 2. The topological polar surface area (TPSA) is 49.8 Å². The standard InChI is InChI=1S/C20H16N4OS/c1-4-10-21-16-9-11-22-20-17(16)18-19(26-20)13(2)24(12-23-18)14-5-7-15(25-3)8-6-14/h1,5-9,11-12H,2,10H2,3H3,(H,21,22). The number of thiophene rings is 1. The first-order chi connectivity index (χ1) is 12.7. The van der Waals surface area contributed by atoms with Crippen molar-refractivity contribution in [3.63, 3.8) is 0 Å². The quantitative estimate of drug-likeness (QED) is 0.696. The van der Waals surface area contributed by atoms with Crippen LogP contribution < -0.4 is 15.0 Å². The van der Waals surface area contributed by atoms with Crippen molar-refractivity contribution in [2.24, 2.45) is 4.99 Å². The number of methoxy groups -OCH3 is 1. The summed E-state index contributed by atoms with van der Waals surface area (Å²) in [6.07, 6.45) is 8.94. The SMILES string of the molecule is C#CCNc1ccnc2sc3c(c12)N=CN(c1ccc(OC)cc1)C3=C. The van der Waals surface area contributed by atoms with Crippen molar-refractivity contribution >= 4 is 50.7 Å². The van der Waals surface area contributed by atoms with Gasteiger partial charge in [-0.25, -0.2) is 9.98 Å². The molecule has 0 radical (unpaired) electrons. The van der Waals surface area contributed by atoms with Crippen LogP contribution >= 0.6 is 11.3 Å². The lowest BCUT2D eigenvalue weighted by Gasteiger charge is -2.25. The third-order valence-corrected chi connectivity index (χ3v) is 5.29. The fourth-order valence-corrected chi connectivity index (χ4v) is 3.96. The second-order valence-electron chi connectivity index (χ2n) is 5.64. The smallest absolute Gasteiger partial charge is 0.128 e. The summed E-state index contributed by atoms with van der Waals surface area (Å²) in [5.74, 6) is 3.41. The lowest BCUT2D eigenvalue weighted by molar-refractivity contribution is 0.415. The number of benzene rings is 1. The minimum atomic E-state index is 0.451. The van der Waals surface area contributed by atoms with Gasteiger partial charge in [-0.1, -0.05) is 12.5 Å². The molecule has 6 heteroatoms. The number of nitrogens with one attached hydrogen (secondary N) is 1. The lowest BCUT2D eigenvalue weighted by Crippen LogP contribution is -2.20. The summed E-state index contributed by atoms with van der Waals surface area (Å²) in [6.45, 7) is 4.73. The van der Waals surface area contributed by atoms with Crippen molar-refractivity contribution in [3.8, 4) is 18.1 Å². The summed E-state index contributed by atoms with van der Waals surface area (Å²) in [6, 6.07) is 9.71. The third kappa shape index (κ3) is 2.59. The molecule has 3 aromatic rings. The maximum Gasteiger partial charge on any atom is 0.128 e. The zero-order valence-corrected chi connectivity index (χ0v) is 15.0. The van der Waals surface area contributed by atoms with E-state index in [1.807, 2.05) is 35.2 Å². The first-order valence-corrected chi connectivity index (χ1v) is 8.80. The molecule has 5 nitrogen and oxygen atoms in total. The van der Waals surface area contributed by atoms with Gasteiger partial charge >= 0.3 is 0 Å². The van der Waals surface area contributed by atoms with Crippen molar-refractivity contribution in [3.05, 3.63) is 48.0 Å². The number of rotatable bonds is 4. The lowest BCUT2D eigenvalue weighted by atomic mass is 10.1. The minimum Gasteiger partial charge on any atom is -0.497 e. The van der Waals surface area contributed by atoms with Crippen LogP contribution in [0, 0.1) is 12.3 Å². The van der Waals surface area contributed by atoms with Gasteiger partial charge in [0.05, 0.1) is 35.3 Å². The molecule has 128 valence electrons. The van der Waals surface area contributed by atoms with E-state index in [4.69, 9.17) is 11.2 Å². The molecule has 4 rings (SSSR count). The molecule has 3 heterocycles. The number of aromatic nitrogens is 1. The molecule has 0 bridgehead atoms. The number of terminal acetylenes is 1. The van der Waals surface area contributed by atoms with Crippen molar-refractivity contribution < 1.29 is 4.74 Å². The summed E-state index contributed by atoms with van der Waals surface area (Å²) < 4.78 is 5.22. The molecule has 1 aliphatic rings. The Hall–Kier alpha value is -3.30.